The molecule has 1 saturated heterocycles. The van der Waals surface area contributed by atoms with Crippen molar-refractivity contribution in [3.63, 3.8) is 0 Å². The molecule has 9 nitrogen and oxygen atoms in total. The van der Waals surface area contributed by atoms with Gasteiger partial charge in [-0.1, -0.05) is 26.0 Å². The van der Waals surface area contributed by atoms with Crippen molar-refractivity contribution < 1.29 is 18.9 Å². The van der Waals surface area contributed by atoms with Crippen molar-refractivity contribution in [3.8, 4) is 11.5 Å². The normalized spacial score (nSPS) is 13.8. The van der Waals surface area contributed by atoms with Gasteiger partial charge in [-0.25, -0.2) is 4.98 Å². The van der Waals surface area contributed by atoms with Crippen LogP contribution in [0.1, 0.15) is 35.7 Å². The highest BCUT2D eigenvalue weighted by Gasteiger charge is 2.22. The summed E-state index contributed by atoms with van der Waals surface area (Å²) in [4.78, 5) is 30.8. The molecule has 4 aromatic rings. The van der Waals surface area contributed by atoms with Crippen LogP contribution in [0.5, 0.6) is 0 Å². The minimum atomic E-state index is -0.502. The van der Waals surface area contributed by atoms with E-state index >= 15 is 0 Å². The number of amides is 1. The number of benzene rings is 3. The number of non-ortho nitro benzene ring substituents is 1. The van der Waals surface area contributed by atoms with Gasteiger partial charge in [0.15, 0.2) is 5.58 Å². The lowest BCUT2D eigenvalue weighted by molar-refractivity contribution is -0.384. The first-order chi connectivity index (χ1) is 17.4. The zero-order valence-electron chi connectivity index (χ0n) is 20.1. The molecule has 2 heterocycles. The van der Waals surface area contributed by atoms with Gasteiger partial charge >= 0.3 is 0 Å². The van der Waals surface area contributed by atoms with Crippen LogP contribution in [0.2, 0.25) is 0 Å². The molecule has 1 aliphatic heterocycles. The highest BCUT2D eigenvalue weighted by atomic mass is 16.6. The minimum Gasteiger partial charge on any atom is -0.436 e. The molecule has 0 radical (unpaired) electrons. The van der Waals surface area contributed by atoms with Crippen LogP contribution < -0.4 is 10.2 Å². The van der Waals surface area contributed by atoms with Gasteiger partial charge in [0.1, 0.15) is 5.52 Å². The maximum absolute atomic E-state index is 13.3. The number of aromatic nitrogens is 1. The fourth-order valence-corrected chi connectivity index (χ4v) is 4.25. The van der Waals surface area contributed by atoms with Gasteiger partial charge in [-0.15, -0.1) is 0 Å². The molecule has 1 N–H and O–H groups in total. The van der Waals surface area contributed by atoms with E-state index in [-0.39, 0.29) is 11.3 Å². The number of nitrogens with zero attached hydrogens (tertiary/aromatic N) is 3. The molecule has 36 heavy (non-hydrogen) atoms. The number of nitro benzene ring substituents is 1. The van der Waals surface area contributed by atoms with Gasteiger partial charge in [-0.05, 0) is 47.9 Å². The summed E-state index contributed by atoms with van der Waals surface area (Å²) < 4.78 is 11.4. The Morgan fingerprint density at radius 1 is 1.08 bits per heavy atom. The largest absolute Gasteiger partial charge is 0.436 e. The topological polar surface area (TPSA) is 111 Å². The van der Waals surface area contributed by atoms with Crippen LogP contribution in [0.4, 0.5) is 17.1 Å². The van der Waals surface area contributed by atoms with Crippen molar-refractivity contribution in [2.24, 2.45) is 0 Å². The van der Waals surface area contributed by atoms with Crippen LogP contribution in [0.25, 0.3) is 22.6 Å². The molecule has 0 atom stereocenters. The number of morpholine rings is 1. The number of nitro groups is 1. The first-order valence-corrected chi connectivity index (χ1v) is 11.8. The quantitative estimate of drug-likeness (QED) is 0.278. The van der Waals surface area contributed by atoms with E-state index in [4.69, 9.17) is 9.15 Å². The third-order valence-corrected chi connectivity index (χ3v) is 6.23. The Kier molecular flexibility index (Phi) is 6.39. The van der Waals surface area contributed by atoms with Crippen molar-refractivity contribution in [2.75, 3.05) is 36.5 Å². The average Bonchev–Trinajstić information content (AvgIpc) is 3.32. The van der Waals surface area contributed by atoms with Crippen molar-refractivity contribution in [2.45, 2.75) is 19.8 Å². The standard InChI is InChI=1S/C27H26N4O5/c1-17(2)18-6-9-25-23(15-18)29-27(36-25)19-4-3-5-20(14-19)28-26(32)22-16-21(31(33)34)7-8-24(22)30-10-12-35-13-11-30/h3-9,14-17H,10-13H2,1-2H3,(H,28,32). The zero-order chi connectivity index (χ0) is 25.2. The maximum Gasteiger partial charge on any atom is 0.270 e. The molecule has 1 fully saturated rings. The SMILES string of the molecule is CC(C)c1ccc2oc(-c3cccc(NC(=O)c4cc([N+](=O)[O-])ccc4N4CCOCC4)c3)nc2c1. The summed E-state index contributed by atoms with van der Waals surface area (Å²) in [6, 6.07) is 17.5. The summed E-state index contributed by atoms with van der Waals surface area (Å²) in [7, 11) is 0. The molecule has 1 amide bonds. The predicted octanol–water partition coefficient (Wildman–Crippen LogP) is 5.62. The van der Waals surface area contributed by atoms with E-state index < -0.39 is 10.8 Å². The van der Waals surface area contributed by atoms with Gasteiger partial charge in [-0.2, -0.15) is 0 Å². The number of rotatable bonds is 6. The Bertz CT molecular complexity index is 1440. The van der Waals surface area contributed by atoms with Crippen LogP contribution >= 0.6 is 0 Å². The first-order valence-electron chi connectivity index (χ1n) is 11.8. The fraction of sp³-hybridized carbons (Fsp3) is 0.259. The molecule has 0 spiro atoms. The van der Waals surface area contributed by atoms with Gasteiger partial charge in [0.05, 0.1) is 29.4 Å². The second-order valence-electron chi connectivity index (χ2n) is 8.99. The number of anilines is 2. The monoisotopic (exact) mass is 486 g/mol. The van der Waals surface area contributed by atoms with Crippen molar-refractivity contribution in [3.05, 3.63) is 81.9 Å². The van der Waals surface area contributed by atoms with Gasteiger partial charge in [0.2, 0.25) is 5.89 Å². The van der Waals surface area contributed by atoms with Crippen molar-refractivity contribution in [1.29, 1.82) is 0 Å². The molecule has 1 aromatic heterocycles. The van der Waals surface area contributed by atoms with Gasteiger partial charge in [0.25, 0.3) is 11.6 Å². The van der Waals surface area contributed by atoms with Crippen LogP contribution in [0, 0.1) is 10.1 Å². The summed E-state index contributed by atoms with van der Waals surface area (Å²) in [6.07, 6.45) is 0. The van der Waals surface area contributed by atoms with Crippen LogP contribution in [-0.2, 0) is 4.74 Å². The number of fused-ring (bicyclic) bond motifs is 1. The second-order valence-corrected chi connectivity index (χ2v) is 8.99. The molecule has 0 aliphatic carbocycles. The van der Waals surface area contributed by atoms with Crippen molar-refractivity contribution >= 4 is 34.1 Å². The van der Waals surface area contributed by atoms with E-state index in [9.17, 15) is 14.9 Å². The molecule has 1 aliphatic rings. The Labute approximate surface area is 207 Å². The summed E-state index contributed by atoms with van der Waals surface area (Å²) in [6.45, 7) is 6.51. The van der Waals surface area contributed by atoms with E-state index in [0.29, 0.717) is 60.6 Å². The Morgan fingerprint density at radius 2 is 1.89 bits per heavy atom. The Balaban J connectivity index is 1.43. The second kappa shape index (κ2) is 9.79. The molecule has 0 saturated carbocycles. The lowest BCUT2D eigenvalue weighted by Crippen LogP contribution is -2.37. The highest BCUT2D eigenvalue weighted by Crippen LogP contribution is 2.30. The summed E-state index contributed by atoms with van der Waals surface area (Å²) in [5.41, 5.74) is 4.61. The molecule has 5 rings (SSSR count). The van der Waals surface area contributed by atoms with Crippen LogP contribution in [0.15, 0.2) is 65.1 Å². The smallest absolute Gasteiger partial charge is 0.270 e. The van der Waals surface area contributed by atoms with Gasteiger partial charge in [0, 0.05) is 36.5 Å². The summed E-state index contributed by atoms with van der Waals surface area (Å²) >= 11 is 0. The van der Waals surface area contributed by atoms with E-state index in [1.54, 1.807) is 24.3 Å². The van der Waals surface area contributed by atoms with E-state index in [1.165, 1.54) is 17.7 Å². The molecule has 9 heteroatoms. The number of hydrogen-bond acceptors (Lipinski definition) is 7. The van der Waals surface area contributed by atoms with E-state index in [1.807, 2.05) is 29.2 Å². The number of ether oxygens (including phenoxy) is 1. The van der Waals surface area contributed by atoms with Gasteiger partial charge in [-0.3, -0.25) is 14.9 Å². The number of carbonyl (C=O) groups is 1. The predicted molar refractivity (Wildman–Crippen MR) is 138 cm³/mol. The first kappa shape index (κ1) is 23.5. The van der Waals surface area contributed by atoms with E-state index in [2.05, 4.69) is 24.1 Å². The third-order valence-electron chi connectivity index (χ3n) is 6.23. The third kappa shape index (κ3) is 4.78. The maximum atomic E-state index is 13.3. The number of carbonyl (C=O) groups excluding carboxylic acids is 1. The minimum absolute atomic E-state index is 0.141. The Morgan fingerprint density at radius 3 is 2.64 bits per heavy atom. The van der Waals surface area contributed by atoms with E-state index in [0.717, 1.165) is 5.52 Å². The summed E-state index contributed by atoms with van der Waals surface area (Å²) in [5.74, 6) is 0.395. The number of nitrogens with one attached hydrogen (secondary N) is 1. The molecule has 0 unspecified atom stereocenters. The molecule has 3 aromatic carbocycles. The zero-order valence-corrected chi connectivity index (χ0v) is 20.1. The van der Waals surface area contributed by atoms with Crippen molar-refractivity contribution in [1.82, 2.24) is 4.98 Å². The van der Waals surface area contributed by atoms with Crippen LogP contribution in [-0.4, -0.2) is 42.1 Å². The Hall–Kier alpha value is -4.24. The van der Waals surface area contributed by atoms with Crippen LogP contribution in [0.3, 0.4) is 0 Å². The fourth-order valence-electron chi connectivity index (χ4n) is 4.25. The molecule has 184 valence electrons. The lowest BCUT2D eigenvalue weighted by Gasteiger charge is -2.30. The number of oxazole rings is 1. The average molecular weight is 487 g/mol. The molecule has 0 bridgehead atoms. The number of hydrogen-bond donors (Lipinski definition) is 1. The lowest BCUT2D eigenvalue weighted by atomic mass is 10.0. The highest BCUT2D eigenvalue weighted by molar-refractivity contribution is 6.08. The molecular formula is C27H26N4O5. The molecular weight excluding hydrogens is 460 g/mol. The van der Waals surface area contributed by atoms with Gasteiger partial charge < -0.3 is 19.4 Å². The summed E-state index contributed by atoms with van der Waals surface area (Å²) in [5, 5.41) is 14.3.